The number of aliphatic hydroxyl groups excluding tert-OH is 1. The van der Waals surface area contributed by atoms with Crippen LogP contribution in [0.1, 0.15) is 25.0 Å². The molecule has 1 aromatic carbocycles. The second-order valence-electron chi connectivity index (χ2n) is 4.12. The molecule has 1 aliphatic heterocycles. The molecule has 1 heterocycles. The van der Waals surface area contributed by atoms with Gasteiger partial charge in [-0.1, -0.05) is 6.92 Å². The molecule has 0 fully saturated rings. The number of aliphatic hydroxyl groups is 1. The molecule has 0 aliphatic carbocycles. The van der Waals surface area contributed by atoms with Crippen LogP contribution in [0.3, 0.4) is 0 Å². The molecule has 1 aromatic rings. The molecule has 100 valence electrons. The summed E-state index contributed by atoms with van der Waals surface area (Å²) in [5.41, 5.74) is 0.766. The number of fused-ring (bicyclic) bond motifs is 1. The van der Waals surface area contributed by atoms with Gasteiger partial charge in [-0.25, -0.2) is 0 Å². The van der Waals surface area contributed by atoms with Gasteiger partial charge in [0.15, 0.2) is 11.5 Å². The van der Waals surface area contributed by atoms with Crippen LogP contribution in [0.2, 0.25) is 0 Å². The van der Waals surface area contributed by atoms with Crippen molar-refractivity contribution >= 4 is 15.9 Å². The number of halogens is 1. The summed E-state index contributed by atoms with van der Waals surface area (Å²) in [5.74, 6) is 1.37. The summed E-state index contributed by atoms with van der Waals surface area (Å²) in [6.45, 7) is 4.06. The van der Waals surface area contributed by atoms with E-state index in [1.165, 1.54) is 0 Å². The second kappa shape index (κ2) is 6.41. The third-order valence-electron chi connectivity index (χ3n) is 2.63. The molecule has 1 aliphatic rings. The van der Waals surface area contributed by atoms with E-state index in [0.29, 0.717) is 37.9 Å². The van der Waals surface area contributed by atoms with Crippen LogP contribution in [0.25, 0.3) is 0 Å². The molecular formula is C13H17BrO4. The van der Waals surface area contributed by atoms with Crippen LogP contribution in [-0.4, -0.2) is 31.5 Å². The minimum Gasteiger partial charge on any atom is -0.486 e. The molecule has 2 rings (SSSR count). The highest BCUT2D eigenvalue weighted by molar-refractivity contribution is 9.10. The van der Waals surface area contributed by atoms with Crippen molar-refractivity contribution in [2.45, 2.75) is 19.4 Å². The van der Waals surface area contributed by atoms with Gasteiger partial charge >= 0.3 is 0 Å². The Morgan fingerprint density at radius 3 is 2.94 bits per heavy atom. The average molecular weight is 317 g/mol. The Labute approximate surface area is 115 Å². The number of benzene rings is 1. The van der Waals surface area contributed by atoms with Crippen LogP contribution in [0.5, 0.6) is 11.5 Å². The first-order chi connectivity index (χ1) is 8.72. The van der Waals surface area contributed by atoms with E-state index >= 15 is 0 Å². The zero-order valence-corrected chi connectivity index (χ0v) is 11.9. The Hall–Kier alpha value is -0.780. The zero-order valence-electron chi connectivity index (χ0n) is 10.3. The largest absolute Gasteiger partial charge is 0.486 e. The van der Waals surface area contributed by atoms with Gasteiger partial charge in [-0.05, 0) is 40.0 Å². The Morgan fingerprint density at radius 2 is 2.17 bits per heavy atom. The Balaban J connectivity index is 2.11. The van der Waals surface area contributed by atoms with Gasteiger partial charge in [-0.2, -0.15) is 0 Å². The lowest BCUT2D eigenvalue weighted by Crippen LogP contribution is -2.16. The summed E-state index contributed by atoms with van der Waals surface area (Å²) in [4.78, 5) is 0. The molecule has 1 N–H and O–H groups in total. The fourth-order valence-electron chi connectivity index (χ4n) is 1.76. The van der Waals surface area contributed by atoms with Gasteiger partial charge < -0.3 is 19.3 Å². The van der Waals surface area contributed by atoms with Crippen molar-refractivity contribution in [2.75, 3.05) is 26.4 Å². The van der Waals surface area contributed by atoms with Crippen molar-refractivity contribution in [1.29, 1.82) is 0 Å². The molecule has 0 bridgehead atoms. The van der Waals surface area contributed by atoms with Crippen molar-refractivity contribution < 1.29 is 19.3 Å². The zero-order chi connectivity index (χ0) is 13.0. The van der Waals surface area contributed by atoms with Crippen LogP contribution >= 0.6 is 15.9 Å². The fraction of sp³-hybridized carbons (Fsp3) is 0.538. The Morgan fingerprint density at radius 1 is 1.39 bits per heavy atom. The van der Waals surface area contributed by atoms with Crippen LogP contribution in [0, 0.1) is 0 Å². The lowest BCUT2D eigenvalue weighted by atomic mass is 10.1. The van der Waals surface area contributed by atoms with Crippen LogP contribution in [0.15, 0.2) is 16.6 Å². The van der Waals surface area contributed by atoms with Crippen LogP contribution in [0.4, 0.5) is 0 Å². The maximum absolute atomic E-state index is 10.0. The highest BCUT2D eigenvalue weighted by Crippen LogP contribution is 2.39. The lowest BCUT2D eigenvalue weighted by molar-refractivity contribution is 0.0360. The normalized spacial score (nSPS) is 15.5. The first-order valence-corrected chi connectivity index (χ1v) is 6.86. The highest BCUT2D eigenvalue weighted by atomic mass is 79.9. The number of ether oxygens (including phenoxy) is 3. The molecule has 0 amide bonds. The molecule has 0 saturated heterocycles. The van der Waals surface area contributed by atoms with Gasteiger partial charge in [0.2, 0.25) is 0 Å². The smallest absolute Gasteiger partial charge is 0.175 e. The molecule has 0 spiro atoms. The molecule has 0 radical (unpaired) electrons. The Bertz CT molecular complexity index is 408. The van der Waals surface area contributed by atoms with E-state index in [2.05, 4.69) is 15.9 Å². The summed E-state index contributed by atoms with van der Waals surface area (Å²) in [6.07, 6.45) is 0.293. The number of rotatable bonds is 5. The topological polar surface area (TPSA) is 47.9 Å². The standard InChI is InChI=1S/C13H17BrO4/c1-2-3-16-8-11(15)9-6-10(14)13-12(7-9)17-4-5-18-13/h6-7,11,15H,2-5,8H2,1H3. The van der Waals surface area contributed by atoms with Crippen molar-refractivity contribution in [1.82, 2.24) is 0 Å². The lowest BCUT2D eigenvalue weighted by Gasteiger charge is -2.21. The minimum atomic E-state index is -0.649. The average Bonchev–Trinajstić information content (AvgIpc) is 2.39. The predicted octanol–water partition coefficient (Wildman–Crippen LogP) is 2.68. The van der Waals surface area contributed by atoms with E-state index < -0.39 is 6.10 Å². The van der Waals surface area contributed by atoms with Gasteiger partial charge in [0.1, 0.15) is 19.3 Å². The molecule has 5 heteroatoms. The molecule has 4 nitrogen and oxygen atoms in total. The molecule has 0 aromatic heterocycles. The van der Waals surface area contributed by atoms with Crippen LogP contribution < -0.4 is 9.47 Å². The first-order valence-electron chi connectivity index (χ1n) is 6.07. The second-order valence-corrected chi connectivity index (χ2v) is 4.97. The molecule has 1 unspecified atom stereocenters. The molecule has 0 saturated carbocycles. The SMILES string of the molecule is CCCOCC(O)c1cc(Br)c2c(c1)OCCO2. The van der Waals surface area contributed by atoms with E-state index in [1.807, 2.05) is 13.0 Å². The predicted molar refractivity (Wildman–Crippen MR) is 71.2 cm³/mol. The minimum absolute atomic E-state index is 0.292. The third kappa shape index (κ3) is 3.16. The Kier molecular flexibility index (Phi) is 4.86. The van der Waals surface area contributed by atoms with E-state index in [4.69, 9.17) is 14.2 Å². The van der Waals surface area contributed by atoms with Gasteiger partial charge in [0.25, 0.3) is 0 Å². The third-order valence-corrected chi connectivity index (χ3v) is 3.22. The maximum atomic E-state index is 10.0. The summed E-state index contributed by atoms with van der Waals surface area (Å²) in [6, 6.07) is 3.65. The first kappa shape index (κ1) is 13.6. The van der Waals surface area contributed by atoms with Gasteiger partial charge in [-0.15, -0.1) is 0 Å². The fourth-order valence-corrected chi connectivity index (χ4v) is 2.33. The quantitative estimate of drug-likeness (QED) is 0.848. The van der Waals surface area contributed by atoms with Crippen molar-refractivity contribution in [2.24, 2.45) is 0 Å². The molecule has 1 atom stereocenters. The van der Waals surface area contributed by atoms with E-state index in [1.54, 1.807) is 6.07 Å². The van der Waals surface area contributed by atoms with E-state index in [0.717, 1.165) is 16.5 Å². The maximum Gasteiger partial charge on any atom is 0.175 e. The van der Waals surface area contributed by atoms with Crippen molar-refractivity contribution in [3.8, 4) is 11.5 Å². The van der Waals surface area contributed by atoms with E-state index in [-0.39, 0.29) is 0 Å². The molecule has 18 heavy (non-hydrogen) atoms. The van der Waals surface area contributed by atoms with Crippen LogP contribution in [-0.2, 0) is 4.74 Å². The van der Waals surface area contributed by atoms with Crippen molar-refractivity contribution in [3.63, 3.8) is 0 Å². The number of hydrogen-bond donors (Lipinski definition) is 1. The summed E-state index contributed by atoms with van der Waals surface area (Å²) < 4.78 is 17.2. The highest BCUT2D eigenvalue weighted by Gasteiger charge is 2.19. The summed E-state index contributed by atoms with van der Waals surface area (Å²) >= 11 is 3.43. The monoisotopic (exact) mass is 316 g/mol. The molecular weight excluding hydrogens is 300 g/mol. The van der Waals surface area contributed by atoms with Gasteiger partial charge in [0.05, 0.1) is 11.1 Å². The summed E-state index contributed by atoms with van der Waals surface area (Å²) in [5, 5.41) is 10.0. The van der Waals surface area contributed by atoms with Crippen molar-refractivity contribution in [3.05, 3.63) is 22.2 Å². The summed E-state index contributed by atoms with van der Waals surface area (Å²) in [7, 11) is 0. The van der Waals surface area contributed by atoms with Gasteiger partial charge in [-0.3, -0.25) is 0 Å². The van der Waals surface area contributed by atoms with Gasteiger partial charge in [0, 0.05) is 6.61 Å². The number of hydrogen-bond acceptors (Lipinski definition) is 4. The van der Waals surface area contributed by atoms with E-state index in [9.17, 15) is 5.11 Å².